The molecule has 0 bridgehead atoms. The highest BCUT2D eigenvalue weighted by atomic mass is 32.2. The number of hydrogen-bond donors (Lipinski definition) is 1. The first kappa shape index (κ1) is 22.7. The number of rotatable bonds is 10. The Hall–Kier alpha value is -2.58. The molecule has 29 heavy (non-hydrogen) atoms. The summed E-state index contributed by atoms with van der Waals surface area (Å²) in [4.78, 5) is 14.7. The Labute approximate surface area is 172 Å². The monoisotopic (exact) mass is 420 g/mol. The maximum atomic E-state index is 12.5. The van der Waals surface area contributed by atoms with Gasteiger partial charge in [-0.15, -0.1) is 0 Å². The molecule has 0 aliphatic heterocycles. The molecule has 0 heterocycles. The first-order valence-electron chi connectivity index (χ1n) is 9.29. The van der Waals surface area contributed by atoms with Crippen molar-refractivity contribution in [3.8, 4) is 11.5 Å². The Bertz CT molecular complexity index is 930. The van der Waals surface area contributed by atoms with Crippen molar-refractivity contribution in [3.05, 3.63) is 48.5 Å². The van der Waals surface area contributed by atoms with Crippen LogP contribution in [-0.4, -0.2) is 58.8 Å². The van der Waals surface area contributed by atoms with Gasteiger partial charge in [-0.2, -0.15) is 0 Å². The van der Waals surface area contributed by atoms with Gasteiger partial charge in [-0.25, -0.2) is 8.42 Å². The molecule has 0 aromatic heterocycles. The fourth-order valence-corrected chi connectivity index (χ4v) is 3.33. The third kappa shape index (κ3) is 6.76. The van der Waals surface area contributed by atoms with Crippen molar-refractivity contribution < 1.29 is 22.7 Å². The number of methoxy groups -OCH3 is 1. The molecule has 1 amide bonds. The van der Waals surface area contributed by atoms with Crippen LogP contribution in [0.15, 0.2) is 53.4 Å². The molecule has 2 aromatic rings. The van der Waals surface area contributed by atoms with Crippen LogP contribution in [0.5, 0.6) is 11.5 Å². The number of likely N-dealkylation sites (N-methyl/N-ethyl adjacent to an activating group) is 1. The number of ether oxygens (including phenoxy) is 2. The van der Waals surface area contributed by atoms with Gasteiger partial charge < -0.3 is 14.8 Å². The second-order valence-electron chi connectivity index (χ2n) is 6.80. The van der Waals surface area contributed by atoms with Gasteiger partial charge in [0.2, 0.25) is 5.91 Å². The second kappa shape index (κ2) is 10.3. The van der Waals surface area contributed by atoms with Gasteiger partial charge in [0.1, 0.15) is 11.5 Å². The first-order valence-corrected chi connectivity index (χ1v) is 11.2. The van der Waals surface area contributed by atoms with Crippen LogP contribution < -0.4 is 14.8 Å². The maximum Gasteiger partial charge on any atom is 0.241 e. The number of nitrogens with zero attached hydrogens (tertiary/aromatic N) is 1. The lowest BCUT2D eigenvalue weighted by Crippen LogP contribution is -2.40. The van der Waals surface area contributed by atoms with Crippen molar-refractivity contribution in [2.24, 2.45) is 0 Å². The molecule has 1 atom stereocenters. The quantitative estimate of drug-likeness (QED) is 0.595. The first-order chi connectivity index (χ1) is 13.7. The minimum Gasteiger partial charge on any atom is -0.495 e. The molecule has 0 saturated heterocycles. The minimum absolute atomic E-state index is 0.126. The molecule has 8 heteroatoms. The molecule has 1 unspecified atom stereocenters. The van der Waals surface area contributed by atoms with Gasteiger partial charge in [0, 0.05) is 12.8 Å². The number of nitrogens with one attached hydrogen (secondary N) is 1. The summed E-state index contributed by atoms with van der Waals surface area (Å²) < 4.78 is 34.1. The highest BCUT2D eigenvalue weighted by Crippen LogP contribution is 2.23. The molecule has 1 N–H and O–H groups in total. The average Bonchev–Trinajstić information content (AvgIpc) is 2.70. The van der Waals surface area contributed by atoms with Gasteiger partial charge in [-0.3, -0.25) is 9.69 Å². The normalized spacial score (nSPS) is 12.4. The maximum absolute atomic E-state index is 12.5. The van der Waals surface area contributed by atoms with Gasteiger partial charge in [-0.05, 0) is 50.7 Å². The van der Waals surface area contributed by atoms with Crippen molar-refractivity contribution in [2.75, 3.05) is 38.9 Å². The molecule has 158 valence electrons. The summed E-state index contributed by atoms with van der Waals surface area (Å²) in [5, 5.41) is 2.88. The van der Waals surface area contributed by atoms with Crippen LogP contribution in [0.3, 0.4) is 0 Å². The highest BCUT2D eigenvalue weighted by molar-refractivity contribution is 7.90. The van der Waals surface area contributed by atoms with E-state index in [1.807, 2.05) is 31.0 Å². The topological polar surface area (TPSA) is 84.9 Å². The molecule has 0 spiro atoms. The number of amides is 1. The van der Waals surface area contributed by atoms with E-state index in [1.165, 1.54) is 18.4 Å². The second-order valence-corrected chi connectivity index (χ2v) is 8.81. The average molecular weight is 421 g/mol. The number of carbonyl (C=O) groups is 1. The third-order valence-electron chi connectivity index (χ3n) is 4.56. The number of benzene rings is 2. The van der Waals surface area contributed by atoms with Crippen LogP contribution in [-0.2, 0) is 14.6 Å². The van der Waals surface area contributed by atoms with E-state index >= 15 is 0 Å². The van der Waals surface area contributed by atoms with Crippen molar-refractivity contribution >= 4 is 21.4 Å². The summed E-state index contributed by atoms with van der Waals surface area (Å²) in [5.74, 6) is 0.997. The van der Waals surface area contributed by atoms with Crippen LogP contribution in [0.25, 0.3) is 0 Å². The van der Waals surface area contributed by atoms with Crippen LogP contribution >= 0.6 is 0 Å². The zero-order chi connectivity index (χ0) is 21.4. The summed E-state index contributed by atoms with van der Waals surface area (Å²) >= 11 is 0. The van der Waals surface area contributed by atoms with Crippen molar-refractivity contribution in [3.63, 3.8) is 0 Å². The Kier molecular flexibility index (Phi) is 8.04. The molecule has 0 fully saturated rings. The largest absolute Gasteiger partial charge is 0.495 e. The molecule has 0 saturated carbocycles. The van der Waals surface area contributed by atoms with E-state index in [0.29, 0.717) is 36.8 Å². The van der Waals surface area contributed by atoms with Crippen LogP contribution in [0.4, 0.5) is 5.69 Å². The van der Waals surface area contributed by atoms with Crippen LogP contribution in [0, 0.1) is 0 Å². The zero-order valence-electron chi connectivity index (χ0n) is 17.2. The lowest BCUT2D eigenvalue weighted by atomic mass is 10.2. The summed E-state index contributed by atoms with van der Waals surface area (Å²) in [6.07, 6.45) is 1.85. The molecular formula is C21H28N2O5S. The van der Waals surface area contributed by atoms with E-state index in [2.05, 4.69) is 5.32 Å². The number of carbonyl (C=O) groups excluding carboxylic acids is 1. The Morgan fingerprint density at radius 1 is 1.17 bits per heavy atom. The fraction of sp³-hybridized carbons (Fsp3) is 0.381. The van der Waals surface area contributed by atoms with Gasteiger partial charge in [-0.1, -0.05) is 18.2 Å². The smallest absolute Gasteiger partial charge is 0.241 e. The van der Waals surface area contributed by atoms with E-state index < -0.39 is 9.84 Å². The molecule has 0 radical (unpaired) electrons. The van der Waals surface area contributed by atoms with Crippen LogP contribution in [0.2, 0.25) is 0 Å². The van der Waals surface area contributed by atoms with Gasteiger partial charge in [0.15, 0.2) is 9.84 Å². The molecule has 7 nitrogen and oxygen atoms in total. The predicted octanol–water partition coefficient (Wildman–Crippen LogP) is 2.83. The Balaban J connectivity index is 1.81. The lowest BCUT2D eigenvalue weighted by Gasteiger charge is -2.24. The number of para-hydroxylation sites is 2. The molecule has 2 rings (SSSR count). The highest BCUT2D eigenvalue weighted by Gasteiger charge is 2.19. The van der Waals surface area contributed by atoms with E-state index in [-0.39, 0.29) is 16.8 Å². The Morgan fingerprint density at radius 3 is 2.59 bits per heavy atom. The molecule has 2 aromatic carbocycles. The van der Waals surface area contributed by atoms with E-state index in [0.717, 1.165) is 0 Å². The van der Waals surface area contributed by atoms with Gasteiger partial charge in [0.25, 0.3) is 0 Å². The summed E-state index contributed by atoms with van der Waals surface area (Å²) in [6.45, 7) is 2.89. The van der Waals surface area contributed by atoms with E-state index in [1.54, 1.807) is 31.4 Å². The van der Waals surface area contributed by atoms with Crippen molar-refractivity contribution in [2.45, 2.75) is 24.3 Å². The number of hydrogen-bond acceptors (Lipinski definition) is 6. The minimum atomic E-state index is -3.26. The molecule has 0 aliphatic carbocycles. The van der Waals surface area contributed by atoms with Gasteiger partial charge >= 0.3 is 0 Å². The molecule has 0 aliphatic rings. The van der Waals surface area contributed by atoms with Gasteiger partial charge in [0.05, 0.1) is 30.3 Å². The zero-order valence-corrected chi connectivity index (χ0v) is 18.0. The van der Waals surface area contributed by atoms with Crippen molar-refractivity contribution in [1.82, 2.24) is 4.90 Å². The van der Waals surface area contributed by atoms with E-state index in [9.17, 15) is 13.2 Å². The summed E-state index contributed by atoms with van der Waals surface area (Å²) in [5.41, 5.74) is 0.634. The van der Waals surface area contributed by atoms with Crippen molar-refractivity contribution in [1.29, 1.82) is 0 Å². The lowest BCUT2D eigenvalue weighted by molar-refractivity contribution is -0.120. The van der Waals surface area contributed by atoms with E-state index in [4.69, 9.17) is 9.47 Å². The standard InChI is InChI=1S/C21H28N2O5S/c1-16(21(24)22-19-11-5-6-12-20(19)27-3)23(2)13-8-14-28-17-9-7-10-18(15-17)29(4,25)26/h5-7,9-12,15-16H,8,13-14H2,1-4H3,(H,22,24). The SMILES string of the molecule is COc1ccccc1NC(=O)C(C)N(C)CCCOc1cccc(S(C)(=O)=O)c1. The third-order valence-corrected chi connectivity index (χ3v) is 5.67. The summed E-state index contributed by atoms with van der Waals surface area (Å²) in [6, 6.07) is 13.4. The number of sulfone groups is 1. The summed E-state index contributed by atoms with van der Waals surface area (Å²) in [7, 11) is 0.171. The van der Waals surface area contributed by atoms with Crippen LogP contribution in [0.1, 0.15) is 13.3 Å². The fourth-order valence-electron chi connectivity index (χ4n) is 2.68. The predicted molar refractivity (Wildman–Crippen MR) is 113 cm³/mol. The molecular weight excluding hydrogens is 392 g/mol. The number of anilines is 1. The Morgan fingerprint density at radius 2 is 1.90 bits per heavy atom.